The number of amides is 2. The molecule has 222 valence electrons. The van der Waals surface area contributed by atoms with Gasteiger partial charge in [0.1, 0.15) is 5.75 Å². The Balaban J connectivity index is 1.51. The molecule has 8 heteroatoms. The number of rotatable bonds is 10. The standard InChI is InChI=1S/C34H40N2O6/c37-32(27-13-5-2-6-14-27)31-23-25-17-19-28(20-18-25)42-22-10-8-16-30(34(39)36-40)29(33(38)35-31)15-7-9-21-41-24-26-11-3-1-4-12-26/h1-6,11-14,17-20,29-31,40H,7-10,15-16,21-24H2,(H,35,38)(H,36,39)/t29-,30+,31+/m1/s1. The molecule has 3 aromatic rings. The summed E-state index contributed by atoms with van der Waals surface area (Å²) in [7, 11) is 0. The zero-order chi connectivity index (χ0) is 29.6. The van der Waals surface area contributed by atoms with E-state index in [1.54, 1.807) is 29.7 Å². The van der Waals surface area contributed by atoms with E-state index in [1.807, 2.05) is 60.7 Å². The van der Waals surface area contributed by atoms with Crippen LogP contribution in [-0.2, 0) is 27.4 Å². The molecule has 8 nitrogen and oxygen atoms in total. The van der Waals surface area contributed by atoms with Gasteiger partial charge in [-0.2, -0.15) is 0 Å². The van der Waals surface area contributed by atoms with Gasteiger partial charge in [-0.25, -0.2) is 5.48 Å². The van der Waals surface area contributed by atoms with E-state index in [0.29, 0.717) is 63.9 Å². The monoisotopic (exact) mass is 572 g/mol. The highest BCUT2D eigenvalue weighted by molar-refractivity contribution is 6.02. The number of ketones is 1. The van der Waals surface area contributed by atoms with Crippen molar-refractivity contribution in [3.05, 3.63) is 102 Å². The van der Waals surface area contributed by atoms with Crippen molar-refractivity contribution >= 4 is 17.6 Å². The lowest BCUT2D eigenvalue weighted by Crippen LogP contribution is -2.48. The van der Waals surface area contributed by atoms with Crippen LogP contribution in [0.1, 0.15) is 60.0 Å². The number of fused-ring (bicyclic) bond motifs is 12. The number of hydroxylamine groups is 1. The minimum atomic E-state index is -0.827. The Morgan fingerprint density at radius 3 is 2.36 bits per heavy atom. The van der Waals surface area contributed by atoms with Crippen LogP contribution in [-0.4, -0.2) is 42.1 Å². The summed E-state index contributed by atoms with van der Waals surface area (Å²) in [6, 6.07) is 25.5. The lowest BCUT2D eigenvalue weighted by atomic mass is 9.82. The first-order valence-electron chi connectivity index (χ1n) is 14.7. The molecular weight excluding hydrogens is 532 g/mol. The van der Waals surface area contributed by atoms with Crippen LogP contribution in [0.15, 0.2) is 84.9 Å². The number of hydrogen-bond donors (Lipinski definition) is 3. The van der Waals surface area contributed by atoms with Crippen LogP contribution >= 0.6 is 0 Å². The highest BCUT2D eigenvalue weighted by atomic mass is 16.5. The van der Waals surface area contributed by atoms with E-state index in [9.17, 15) is 19.6 Å². The second-order valence-electron chi connectivity index (χ2n) is 10.7. The molecule has 0 saturated carbocycles. The predicted octanol–water partition coefficient (Wildman–Crippen LogP) is 5.28. The molecule has 0 aromatic heterocycles. The van der Waals surface area contributed by atoms with Crippen LogP contribution in [0.3, 0.4) is 0 Å². The lowest BCUT2D eigenvalue weighted by molar-refractivity contribution is -0.141. The normalized spacial score (nSPS) is 19.5. The van der Waals surface area contributed by atoms with Gasteiger partial charge >= 0.3 is 0 Å². The molecule has 3 aromatic carbocycles. The van der Waals surface area contributed by atoms with Crippen molar-refractivity contribution in [2.45, 2.75) is 57.6 Å². The Labute approximate surface area is 247 Å². The third-order valence-electron chi connectivity index (χ3n) is 7.67. The van der Waals surface area contributed by atoms with Crippen molar-refractivity contribution < 1.29 is 29.1 Å². The van der Waals surface area contributed by atoms with Crippen molar-refractivity contribution in [3.8, 4) is 5.75 Å². The Morgan fingerprint density at radius 1 is 0.929 bits per heavy atom. The van der Waals surface area contributed by atoms with Gasteiger partial charge in [0, 0.05) is 24.5 Å². The molecule has 0 spiro atoms. The number of benzene rings is 3. The summed E-state index contributed by atoms with van der Waals surface area (Å²) < 4.78 is 11.7. The number of unbranched alkanes of at least 4 members (excludes halogenated alkanes) is 1. The number of carbonyl (C=O) groups is 3. The number of carbonyl (C=O) groups excluding carboxylic acids is 3. The number of ether oxygens (including phenoxy) is 2. The van der Waals surface area contributed by atoms with E-state index >= 15 is 0 Å². The van der Waals surface area contributed by atoms with Crippen LogP contribution in [0.25, 0.3) is 0 Å². The molecule has 42 heavy (non-hydrogen) atoms. The first kappa shape index (κ1) is 30.9. The quantitative estimate of drug-likeness (QED) is 0.132. The molecule has 0 unspecified atom stereocenters. The topological polar surface area (TPSA) is 114 Å². The van der Waals surface area contributed by atoms with Crippen LogP contribution in [0.5, 0.6) is 5.75 Å². The summed E-state index contributed by atoms with van der Waals surface area (Å²) in [5.74, 6) is -1.94. The van der Waals surface area contributed by atoms with Crippen molar-refractivity contribution in [1.82, 2.24) is 10.8 Å². The third kappa shape index (κ3) is 9.26. The van der Waals surface area contributed by atoms with Gasteiger partial charge in [-0.1, -0.05) is 79.2 Å². The number of Topliss-reactive ketones (excluding diaryl/α,β-unsaturated/α-hetero) is 1. The molecule has 0 radical (unpaired) electrons. The van der Waals surface area contributed by atoms with Crippen LogP contribution in [0.2, 0.25) is 0 Å². The van der Waals surface area contributed by atoms with Gasteiger partial charge in [0.2, 0.25) is 11.8 Å². The fraction of sp³-hybridized carbons (Fsp3) is 0.382. The van der Waals surface area contributed by atoms with Gasteiger partial charge in [0.05, 0.1) is 25.2 Å². The number of hydrogen-bond acceptors (Lipinski definition) is 6. The van der Waals surface area contributed by atoms with Gasteiger partial charge < -0.3 is 14.8 Å². The van der Waals surface area contributed by atoms with E-state index in [0.717, 1.165) is 16.9 Å². The second kappa shape index (κ2) is 16.4. The molecule has 2 aliphatic rings. The van der Waals surface area contributed by atoms with Gasteiger partial charge in [-0.05, 0) is 55.4 Å². The molecule has 5 rings (SSSR count). The molecule has 2 bridgehead atoms. The molecule has 0 fully saturated rings. The van der Waals surface area contributed by atoms with Crippen molar-refractivity contribution in [3.63, 3.8) is 0 Å². The average molecular weight is 573 g/mol. The maximum atomic E-state index is 13.9. The van der Waals surface area contributed by atoms with Crippen LogP contribution in [0.4, 0.5) is 0 Å². The van der Waals surface area contributed by atoms with E-state index in [4.69, 9.17) is 9.47 Å². The van der Waals surface area contributed by atoms with Crippen molar-refractivity contribution in [2.24, 2.45) is 11.8 Å². The Hall–Kier alpha value is -4.01. The van der Waals surface area contributed by atoms with Crippen molar-refractivity contribution in [2.75, 3.05) is 13.2 Å². The first-order valence-corrected chi connectivity index (χ1v) is 14.7. The molecule has 3 N–H and O–H groups in total. The molecule has 3 atom stereocenters. The molecular formula is C34H40N2O6. The van der Waals surface area contributed by atoms with Crippen LogP contribution < -0.4 is 15.5 Å². The Kier molecular flexibility index (Phi) is 12.1. The molecule has 2 heterocycles. The molecule has 0 saturated heterocycles. The van der Waals surface area contributed by atoms with Crippen LogP contribution in [0, 0.1) is 11.8 Å². The second-order valence-corrected chi connectivity index (χ2v) is 10.7. The van der Waals surface area contributed by atoms with E-state index in [1.165, 1.54) is 0 Å². The van der Waals surface area contributed by atoms with Gasteiger partial charge in [-0.15, -0.1) is 0 Å². The maximum absolute atomic E-state index is 13.9. The lowest BCUT2D eigenvalue weighted by Gasteiger charge is -2.27. The molecule has 2 amide bonds. The molecule has 2 aliphatic heterocycles. The fourth-order valence-electron chi connectivity index (χ4n) is 5.35. The molecule has 0 aliphatic carbocycles. The summed E-state index contributed by atoms with van der Waals surface area (Å²) in [4.78, 5) is 40.4. The fourth-order valence-corrected chi connectivity index (χ4v) is 5.35. The van der Waals surface area contributed by atoms with Gasteiger partial charge in [0.25, 0.3) is 0 Å². The predicted molar refractivity (Wildman–Crippen MR) is 159 cm³/mol. The average Bonchev–Trinajstić information content (AvgIpc) is 3.04. The minimum Gasteiger partial charge on any atom is -0.494 e. The third-order valence-corrected chi connectivity index (χ3v) is 7.67. The zero-order valence-electron chi connectivity index (χ0n) is 23.9. The first-order chi connectivity index (χ1) is 20.5. The summed E-state index contributed by atoms with van der Waals surface area (Å²) in [6.07, 6.45) is 3.76. The van der Waals surface area contributed by atoms with Gasteiger partial charge in [0.15, 0.2) is 5.78 Å². The SMILES string of the molecule is O=C(c1ccccc1)[C@@H]1Cc2ccc(cc2)OCCCC[C@H](C(=O)NO)[C@@H](CCCCOCc2ccccc2)C(=O)N1. The zero-order valence-corrected chi connectivity index (χ0v) is 23.9. The highest BCUT2D eigenvalue weighted by Gasteiger charge is 2.35. The van der Waals surface area contributed by atoms with Gasteiger partial charge in [-0.3, -0.25) is 19.6 Å². The van der Waals surface area contributed by atoms with Crippen molar-refractivity contribution in [1.29, 1.82) is 0 Å². The summed E-state index contributed by atoms with van der Waals surface area (Å²) >= 11 is 0. The van der Waals surface area contributed by atoms with E-state index in [-0.39, 0.29) is 18.1 Å². The Morgan fingerprint density at radius 2 is 1.64 bits per heavy atom. The van der Waals surface area contributed by atoms with E-state index < -0.39 is 23.8 Å². The largest absolute Gasteiger partial charge is 0.494 e. The highest BCUT2D eigenvalue weighted by Crippen LogP contribution is 2.26. The minimum absolute atomic E-state index is 0.204. The van der Waals surface area contributed by atoms with E-state index in [2.05, 4.69) is 5.32 Å². The smallest absolute Gasteiger partial charge is 0.247 e. The summed E-state index contributed by atoms with van der Waals surface area (Å²) in [5.41, 5.74) is 4.24. The maximum Gasteiger partial charge on any atom is 0.247 e. The summed E-state index contributed by atoms with van der Waals surface area (Å²) in [6.45, 7) is 1.49. The number of nitrogens with one attached hydrogen (secondary N) is 2. The summed E-state index contributed by atoms with van der Waals surface area (Å²) in [5, 5.41) is 12.6. The Bertz CT molecular complexity index is 1270.